The minimum absolute atomic E-state index is 0.0121. The van der Waals surface area contributed by atoms with Gasteiger partial charge >= 0.3 is 11.9 Å². The number of esters is 2. The Morgan fingerprint density at radius 1 is 1.08 bits per heavy atom. The summed E-state index contributed by atoms with van der Waals surface area (Å²) < 4.78 is 37.2. The number of nitrogens with one attached hydrogen (secondary N) is 1. The fourth-order valence-electron chi connectivity index (χ4n) is 6.03. The molecule has 0 aromatic heterocycles. The molecule has 1 heterocycles. The SMILES string of the molecule is CCC(O)CC(=O)OC(C(C)=CC=CC(C)(O)C(NCc1ccc(C)c(F)c1)C1OC1C(C)C(CC)OC)C(C)C=CC(OC(C)=O)C(C)O. The molecule has 0 bridgehead atoms. The first kappa shape index (κ1) is 43.2. The number of rotatable bonds is 21. The van der Waals surface area contributed by atoms with Gasteiger partial charge in [-0.25, -0.2) is 4.39 Å². The second kappa shape index (κ2) is 20.2. The zero-order valence-electron chi connectivity index (χ0n) is 31.4. The number of hydrogen-bond donors (Lipinski definition) is 4. The number of hydrogen-bond acceptors (Lipinski definition) is 10. The van der Waals surface area contributed by atoms with Crippen LogP contribution < -0.4 is 5.32 Å². The minimum Gasteiger partial charge on any atom is -0.457 e. The number of aliphatic hydroxyl groups is 3. The fraction of sp³-hybridized carbons (Fsp3) is 0.641. The van der Waals surface area contributed by atoms with E-state index in [9.17, 15) is 29.3 Å². The number of aliphatic hydroxyl groups excluding tert-OH is 2. The van der Waals surface area contributed by atoms with Gasteiger partial charge in [0, 0.05) is 32.4 Å². The van der Waals surface area contributed by atoms with Gasteiger partial charge in [0.1, 0.15) is 24.1 Å². The molecule has 1 saturated heterocycles. The Labute approximate surface area is 297 Å². The monoisotopic (exact) mass is 705 g/mol. The molecule has 11 unspecified atom stereocenters. The van der Waals surface area contributed by atoms with Gasteiger partial charge in [-0.05, 0) is 69.4 Å². The van der Waals surface area contributed by atoms with Crippen LogP contribution in [0.15, 0.2) is 54.2 Å². The normalized spacial score (nSPS) is 22.6. The lowest BCUT2D eigenvalue weighted by molar-refractivity contribution is -0.151. The number of epoxide rings is 1. The third kappa shape index (κ3) is 13.3. The number of methoxy groups -OCH3 is 1. The summed E-state index contributed by atoms with van der Waals surface area (Å²) in [7, 11) is 1.68. The van der Waals surface area contributed by atoms with E-state index in [2.05, 4.69) is 19.2 Å². The summed E-state index contributed by atoms with van der Waals surface area (Å²) in [6.45, 7) is 15.9. The number of ether oxygens (including phenoxy) is 4. The maximum atomic E-state index is 14.3. The van der Waals surface area contributed by atoms with Crippen LogP contribution in [0.2, 0.25) is 0 Å². The van der Waals surface area contributed by atoms with Crippen molar-refractivity contribution < 1.29 is 48.2 Å². The summed E-state index contributed by atoms with van der Waals surface area (Å²) in [5.41, 5.74) is 0.503. The van der Waals surface area contributed by atoms with E-state index in [4.69, 9.17) is 18.9 Å². The Morgan fingerprint density at radius 3 is 2.32 bits per heavy atom. The second-order valence-electron chi connectivity index (χ2n) is 13.8. The van der Waals surface area contributed by atoms with Crippen LogP contribution >= 0.6 is 0 Å². The predicted molar refractivity (Wildman–Crippen MR) is 191 cm³/mol. The molecule has 0 saturated carbocycles. The number of allylic oxidation sites excluding steroid dienone is 2. The second-order valence-corrected chi connectivity index (χ2v) is 13.8. The molecule has 50 heavy (non-hydrogen) atoms. The quantitative estimate of drug-likeness (QED) is 0.0579. The van der Waals surface area contributed by atoms with Crippen molar-refractivity contribution in [3.05, 3.63) is 71.1 Å². The van der Waals surface area contributed by atoms with Crippen LogP contribution in [0.25, 0.3) is 0 Å². The first-order valence-electron chi connectivity index (χ1n) is 17.6. The van der Waals surface area contributed by atoms with Crippen LogP contribution in [0.3, 0.4) is 0 Å². The number of carbonyl (C=O) groups is 2. The van der Waals surface area contributed by atoms with Crippen LogP contribution in [-0.4, -0.2) is 88.7 Å². The Balaban J connectivity index is 2.38. The van der Waals surface area contributed by atoms with Gasteiger partial charge in [-0.1, -0.05) is 64.1 Å². The molecular formula is C39H60FNO9. The molecule has 1 aliphatic heterocycles. The van der Waals surface area contributed by atoms with Gasteiger partial charge in [-0.3, -0.25) is 9.59 Å². The van der Waals surface area contributed by atoms with E-state index in [0.29, 0.717) is 24.1 Å². The zero-order valence-corrected chi connectivity index (χ0v) is 31.4. The summed E-state index contributed by atoms with van der Waals surface area (Å²) in [4.78, 5) is 24.3. The highest BCUT2D eigenvalue weighted by Crippen LogP contribution is 2.39. The molecule has 1 aromatic carbocycles. The molecule has 0 amide bonds. The van der Waals surface area contributed by atoms with Crippen molar-refractivity contribution in [2.24, 2.45) is 11.8 Å². The maximum absolute atomic E-state index is 14.3. The van der Waals surface area contributed by atoms with E-state index in [-0.39, 0.29) is 36.5 Å². The van der Waals surface area contributed by atoms with Gasteiger partial charge < -0.3 is 39.6 Å². The van der Waals surface area contributed by atoms with Crippen LogP contribution in [0.1, 0.15) is 85.8 Å². The molecule has 11 atom stereocenters. The van der Waals surface area contributed by atoms with E-state index in [1.54, 1.807) is 71.3 Å². The van der Waals surface area contributed by atoms with Crippen molar-refractivity contribution in [2.75, 3.05) is 7.11 Å². The van der Waals surface area contributed by atoms with Crippen molar-refractivity contribution in [3.8, 4) is 0 Å². The van der Waals surface area contributed by atoms with Gasteiger partial charge in [0.15, 0.2) is 0 Å². The van der Waals surface area contributed by atoms with Gasteiger partial charge in [-0.15, -0.1) is 0 Å². The molecule has 0 radical (unpaired) electrons. The highest BCUT2D eigenvalue weighted by Gasteiger charge is 2.54. The van der Waals surface area contributed by atoms with Crippen molar-refractivity contribution in [2.45, 2.75) is 142 Å². The van der Waals surface area contributed by atoms with Gasteiger partial charge in [-0.2, -0.15) is 0 Å². The van der Waals surface area contributed by atoms with Crippen LogP contribution in [0, 0.1) is 24.6 Å². The number of aryl methyl sites for hydroxylation is 1. The van der Waals surface area contributed by atoms with Crippen molar-refractivity contribution in [1.29, 1.82) is 0 Å². The van der Waals surface area contributed by atoms with Crippen molar-refractivity contribution in [1.82, 2.24) is 5.32 Å². The molecule has 0 spiro atoms. The molecule has 4 N–H and O–H groups in total. The standard InChI is InChI=1S/C39H60FNO9/c1-11-30(44)21-34(45)49-35(25(5)16-18-33(27(7)42)48-28(8)43)24(4)14-13-19-39(9,46)38(37-36(50-37)26(6)32(12-2)47-10)41-22-29-17-15-23(3)31(40)20-29/h13-20,25-27,30,32-33,35-38,41-42,44,46H,11-12,21-22H2,1-10H3. The van der Waals surface area contributed by atoms with Gasteiger partial charge in [0.05, 0.1) is 42.5 Å². The predicted octanol–water partition coefficient (Wildman–Crippen LogP) is 5.25. The molecular weight excluding hydrogens is 645 g/mol. The van der Waals surface area contributed by atoms with E-state index in [0.717, 1.165) is 12.0 Å². The number of halogens is 1. The van der Waals surface area contributed by atoms with E-state index < -0.39 is 53.9 Å². The Hall–Kier alpha value is -2.93. The molecule has 0 aliphatic carbocycles. The summed E-state index contributed by atoms with van der Waals surface area (Å²) in [5.74, 6) is -1.77. The smallest absolute Gasteiger partial charge is 0.309 e. The highest BCUT2D eigenvalue weighted by molar-refractivity contribution is 5.70. The number of carbonyl (C=O) groups excluding carboxylic acids is 2. The van der Waals surface area contributed by atoms with Gasteiger partial charge in [0.25, 0.3) is 0 Å². The summed E-state index contributed by atoms with van der Waals surface area (Å²) in [6, 6.07) is 4.48. The minimum atomic E-state index is -1.43. The van der Waals surface area contributed by atoms with Crippen molar-refractivity contribution >= 4 is 11.9 Å². The summed E-state index contributed by atoms with van der Waals surface area (Å²) >= 11 is 0. The van der Waals surface area contributed by atoms with E-state index >= 15 is 0 Å². The van der Waals surface area contributed by atoms with Crippen LogP contribution in [-0.2, 0) is 35.1 Å². The lowest BCUT2D eigenvalue weighted by Crippen LogP contribution is -2.52. The first-order chi connectivity index (χ1) is 23.4. The Bertz CT molecular complexity index is 1320. The summed E-state index contributed by atoms with van der Waals surface area (Å²) in [5, 5.41) is 35.4. The third-order valence-corrected chi connectivity index (χ3v) is 9.32. The molecule has 1 aliphatic rings. The topological polar surface area (TPSA) is 147 Å². The Morgan fingerprint density at radius 2 is 1.76 bits per heavy atom. The molecule has 10 nitrogen and oxygen atoms in total. The average Bonchev–Trinajstić information content (AvgIpc) is 3.83. The molecule has 282 valence electrons. The maximum Gasteiger partial charge on any atom is 0.309 e. The molecule has 1 fully saturated rings. The van der Waals surface area contributed by atoms with Crippen molar-refractivity contribution in [3.63, 3.8) is 0 Å². The highest BCUT2D eigenvalue weighted by atomic mass is 19.1. The molecule has 11 heteroatoms. The molecule has 2 rings (SSSR count). The fourth-order valence-corrected chi connectivity index (χ4v) is 6.03. The third-order valence-electron chi connectivity index (χ3n) is 9.32. The first-order valence-corrected chi connectivity index (χ1v) is 17.6. The van der Waals surface area contributed by atoms with Crippen LogP contribution in [0.4, 0.5) is 4.39 Å². The average molecular weight is 706 g/mol. The lowest BCUT2D eigenvalue weighted by Gasteiger charge is -2.31. The zero-order chi connectivity index (χ0) is 37.8. The Kier molecular flexibility index (Phi) is 17.5. The van der Waals surface area contributed by atoms with E-state index in [1.807, 2.05) is 13.0 Å². The van der Waals surface area contributed by atoms with Gasteiger partial charge in [0.2, 0.25) is 0 Å². The van der Waals surface area contributed by atoms with E-state index in [1.165, 1.54) is 19.9 Å². The summed E-state index contributed by atoms with van der Waals surface area (Å²) in [6.07, 6.45) is 5.40. The number of benzene rings is 1. The molecule has 1 aromatic rings. The lowest BCUT2D eigenvalue weighted by atomic mass is 9.87. The van der Waals surface area contributed by atoms with Crippen LogP contribution in [0.5, 0.6) is 0 Å². The largest absolute Gasteiger partial charge is 0.457 e.